The summed E-state index contributed by atoms with van der Waals surface area (Å²) < 4.78 is 0. The first-order chi connectivity index (χ1) is 9.12. The number of carboxylic acid groups (broad SMARTS) is 1. The second-order valence-electron chi connectivity index (χ2n) is 4.47. The van der Waals surface area contributed by atoms with Crippen LogP contribution in [-0.2, 0) is 6.42 Å². The summed E-state index contributed by atoms with van der Waals surface area (Å²) in [7, 11) is 0. The number of aliphatic hydroxyl groups is 1. The van der Waals surface area contributed by atoms with Crippen LogP contribution in [0, 0.1) is 0 Å². The van der Waals surface area contributed by atoms with Crippen LogP contribution in [-0.4, -0.2) is 40.9 Å². The Kier molecular flexibility index (Phi) is 6.29. The molecule has 0 amide bonds. The molecule has 1 heterocycles. The number of nitrogens with zero attached hydrogens (tertiary/aromatic N) is 2. The summed E-state index contributed by atoms with van der Waals surface area (Å²) in [5.74, 6) is -0.305. The Morgan fingerprint density at radius 2 is 2.00 bits per heavy atom. The third-order valence-corrected chi connectivity index (χ3v) is 2.81. The Morgan fingerprint density at radius 1 is 1.26 bits per heavy atom. The van der Waals surface area contributed by atoms with Crippen molar-refractivity contribution < 1.29 is 15.0 Å². The van der Waals surface area contributed by atoms with Crippen molar-refractivity contribution in [2.75, 3.05) is 24.6 Å². The zero-order chi connectivity index (χ0) is 14.3. The van der Waals surface area contributed by atoms with Crippen LogP contribution in [0.4, 0.5) is 5.82 Å². The van der Waals surface area contributed by atoms with Gasteiger partial charge in [-0.2, -0.15) is 0 Å². The number of carbonyl (C=O) groups is 1. The molecule has 106 valence electrons. The Morgan fingerprint density at radius 3 is 2.53 bits per heavy atom. The molecule has 0 saturated carbocycles. The van der Waals surface area contributed by atoms with Crippen molar-refractivity contribution in [2.24, 2.45) is 0 Å². The van der Waals surface area contributed by atoms with Gasteiger partial charge in [0.05, 0.1) is 12.2 Å². The minimum absolute atomic E-state index is 0.0299. The maximum atomic E-state index is 11.2. The molecule has 1 aromatic rings. The van der Waals surface area contributed by atoms with Gasteiger partial charge in [-0.05, 0) is 25.0 Å². The number of carboxylic acids is 1. The van der Waals surface area contributed by atoms with Gasteiger partial charge in [-0.1, -0.05) is 20.3 Å². The van der Waals surface area contributed by atoms with Gasteiger partial charge in [-0.15, -0.1) is 0 Å². The lowest BCUT2D eigenvalue weighted by Crippen LogP contribution is -2.28. The summed E-state index contributed by atoms with van der Waals surface area (Å²) in [5.41, 5.74) is 1.05. The number of aromatic carboxylic acids is 1. The summed E-state index contributed by atoms with van der Waals surface area (Å²) in [6.45, 7) is 5.32. The van der Waals surface area contributed by atoms with Crippen LogP contribution in [0.2, 0.25) is 0 Å². The lowest BCUT2D eigenvalue weighted by molar-refractivity contribution is 0.0696. The molecule has 0 fully saturated rings. The Labute approximate surface area is 113 Å². The molecule has 5 nitrogen and oxygen atoms in total. The number of rotatable bonds is 8. The Bertz CT molecular complexity index is 415. The van der Waals surface area contributed by atoms with E-state index < -0.39 is 5.97 Å². The molecule has 2 N–H and O–H groups in total. The van der Waals surface area contributed by atoms with Gasteiger partial charge in [0.15, 0.2) is 0 Å². The molecule has 0 bridgehead atoms. The second kappa shape index (κ2) is 7.74. The van der Waals surface area contributed by atoms with Crippen molar-refractivity contribution in [1.82, 2.24) is 4.98 Å². The largest absolute Gasteiger partial charge is 0.478 e. The van der Waals surface area contributed by atoms with Gasteiger partial charge in [0.1, 0.15) is 5.82 Å². The van der Waals surface area contributed by atoms with E-state index in [9.17, 15) is 4.79 Å². The summed E-state index contributed by atoms with van der Waals surface area (Å²) in [5, 5.41) is 18.2. The van der Waals surface area contributed by atoms with Crippen molar-refractivity contribution in [2.45, 2.75) is 33.1 Å². The van der Waals surface area contributed by atoms with E-state index in [0.717, 1.165) is 31.5 Å². The smallest absolute Gasteiger partial charge is 0.335 e. The molecule has 1 rings (SSSR count). The van der Waals surface area contributed by atoms with E-state index in [1.807, 2.05) is 18.7 Å². The summed E-state index contributed by atoms with van der Waals surface area (Å²) in [6.07, 6.45) is 2.60. The van der Waals surface area contributed by atoms with E-state index in [1.54, 1.807) is 12.1 Å². The number of aliphatic hydroxyl groups excluding tert-OH is 1. The predicted molar refractivity (Wildman–Crippen MR) is 74.8 cm³/mol. The zero-order valence-electron chi connectivity index (χ0n) is 11.6. The normalized spacial score (nSPS) is 10.5. The number of pyridine rings is 1. The Hall–Kier alpha value is -1.62. The zero-order valence-corrected chi connectivity index (χ0v) is 11.6. The predicted octanol–water partition coefficient (Wildman–Crippen LogP) is 1.94. The minimum atomic E-state index is -0.943. The van der Waals surface area contributed by atoms with Crippen molar-refractivity contribution in [3.63, 3.8) is 0 Å². The molecule has 1 aromatic heterocycles. The lowest BCUT2D eigenvalue weighted by Gasteiger charge is -2.23. The highest BCUT2D eigenvalue weighted by atomic mass is 16.4. The number of anilines is 1. The van der Waals surface area contributed by atoms with Gasteiger partial charge in [-0.3, -0.25) is 0 Å². The molecule has 0 saturated heterocycles. The number of aromatic nitrogens is 1. The quantitative estimate of drug-likeness (QED) is 0.752. The van der Waals surface area contributed by atoms with Gasteiger partial charge < -0.3 is 15.1 Å². The fourth-order valence-corrected chi connectivity index (χ4v) is 1.97. The SMILES string of the molecule is CCCc1cc(C(=O)O)cc(N(CCC)CCO)n1. The molecule has 0 unspecified atom stereocenters. The average Bonchev–Trinajstić information content (AvgIpc) is 2.38. The third kappa shape index (κ3) is 4.52. The lowest BCUT2D eigenvalue weighted by atomic mass is 10.1. The van der Waals surface area contributed by atoms with Crippen molar-refractivity contribution in [3.8, 4) is 0 Å². The first-order valence-corrected chi connectivity index (χ1v) is 6.72. The molecular formula is C14H22N2O3. The maximum absolute atomic E-state index is 11.2. The Balaban J connectivity index is 3.11. The van der Waals surface area contributed by atoms with Crippen LogP contribution in [0.15, 0.2) is 12.1 Å². The van der Waals surface area contributed by atoms with Crippen molar-refractivity contribution in [3.05, 3.63) is 23.4 Å². The molecule has 0 radical (unpaired) electrons. The maximum Gasteiger partial charge on any atom is 0.335 e. The van der Waals surface area contributed by atoms with Gasteiger partial charge in [0.2, 0.25) is 0 Å². The van der Waals surface area contributed by atoms with E-state index >= 15 is 0 Å². The molecule has 0 aromatic carbocycles. The van der Waals surface area contributed by atoms with E-state index in [0.29, 0.717) is 12.4 Å². The minimum Gasteiger partial charge on any atom is -0.478 e. The summed E-state index contributed by atoms with van der Waals surface area (Å²) in [6, 6.07) is 3.20. The fraction of sp³-hybridized carbons (Fsp3) is 0.571. The van der Waals surface area contributed by atoms with Gasteiger partial charge in [-0.25, -0.2) is 9.78 Å². The average molecular weight is 266 g/mol. The fourth-order valence-electron chi connectivity index (χ4n) is 1.97. The van der Waals surface area contributed by atoms with E-state index in [2.05, 4.69) is 4.98 Å². The highest BCUT2D eigenvalue weighted by molar-refractivity contribution is 5.88. The third-order valence-electron chi connectivity index (χ3n) is 2.81. The molecule has 0 atom stereocenters. The van der Waals surface area contributed by atoms with Crippen LogP contribution in [0.3, 0.4) is 0 Å². The van der Waals surface area contributed by atoms with Gasteiger partial charge in [0.25, 0.3) is 0 Å². The topological polar surface area (TPSA) is 73.7 Å². The molecule has 5 heteroatoms. The highest BCUT2D eigenvalue weighted by Gasteiger charge is 2.12. The molecule has 0 aliphatic heterocycles. The van der Waals surface area contributed by atoms with Crippen LogP contribution in [0.5, 0.6) is 0 Å². The van der Waals surface area contributed by atoms with Crippen LogP contribution >= 0.6 is 0 Å². The van der Waals surface area contributed by atoms with Crippen LogP contribution in [0.25, 0.3) is 0 Å². The first kappa shape index (κ1) is 15.4. The molecule has 0 spiro atoms. The van der Waals surface area contributed by atoms with E-state index in [4.69, 9.17) is 10.2 Å². The molecule has 0 aliphatic rings. The van der Waals surface area contributed by atoms with Gasteiger partial charge >= 0.3 is 5.97 Å². The second-order valence-corrected chi connectivity index (χ2v) is 4.47. The van der Waals surface area contributed by atoms with Crippen molar-refractivity contribution >= 4 is 11.8 Å². The number of hydrogen-bond acceptors (Lipinski definition) is 4. The molecular weight excluding hydrogens is 244 g/mol. The number of aryl methyl sites for hydroxylation is 1. The molecule has 0 aliphatic carbocycles. The van der Waals surface area contributed by atoms with Gasteiger partial charge in [0, 0.05) is 18.8 Å². The number of hydrogen-bond donors (Lipinski definition) is 2. The standard InChI is InChI=1S/C14H22N2O3/c1-3-5-12-9-11(14(18)19)10-13(15-12)16(6-4-2)7-8-17/h9-10,17H,3-8H2,1-2H3,(H,18,19). The summed E-state index contributed by atoms with van der Waals surface area (Å²) in [4.78, 5) is 17.6. The molecule has 19 heavy (non-hydrogen) atoms. The monoisotopic (exact) mass is 266 g/mol. The van der Waals surface area contributed by atoms with Crippen molar-refractivity contribution in [1.29, 1.82) is 0 Å². The first-order valence-electron chi connectivity index (χ1n) is 6.72. The van der Waals surface area contributed by atoms with Crippen LogP contribution in [0.1, 0.15) is 42.7 Å². The van der Waals surface area contributed by atoms with E-state index in [1.165, 1.54) is 0 Å². The van der Waals surface area contributed by atoms with E-state index in [-0.39, 0.29) is 12.2 Å². The van der Waals surface area contributed by atoms with Crippen LogP contribution < -0.4 is 4.90 Å². The summed E-state index contributed by atoms with van der Waals surface area (Å²) >= 11 is 0. The highest BCUT2D eigenvalue weighted by Crippen LogP contribution is 2.17.